The number of aryl methyl sites for hydroxylation is 1. The van der Waals surface area contributed by atoms with Crippen LogP contribution in [0.25, 0.3) is 11.3 Å². The summed E-state index contributed by atoms with van der Waals surface area (Å²) in [6.07, 6.45) is 3.37. The van der Waals surface area contributed by atoms with Crippen molar-refractivity contribution in [3.63, 3.8) is 0 Å². The summed E-state index contributed by atoms with van der Waals surface area (Å²) in [6, 6.07) is 6.16. The van der Waals surface area contributed by atoms with E-state index >= 15 is 0 Å². The largest absolute Gasteiger partial charge is 0.298 e. The molecule has 0 amide bonds. The van der Waals surface area contributed by atoms with E-state index in [1.54, 1.807) is 23.0 Å². The fraction of sp³-hybridized carbons (Fsp3) is 0.333. The van der Waals surface area contributed by atoms with Gasteiger partial charge >= 0.3 is 0 Å². The molecule has 0 saturated heterocycles. The molecule has 0 unspecified atom stereocenters. The number of non-ortho nitro benzene ring substituents is 1. The van der Waals surface area contributed by atoms with E-state index in [-0.39, 0.29) is 5.69 Å². The number of benzene rings is 1. The topological polar surface area (TPSA) is 78.0 Å². The molecule has 1 aromatic carbocycles. The molecule has 1 aromatic heterocycles. The summed E-state index contributed by atoms with van der Waals surface area (Å²) in [5.41, 5.74) is 1.49. The van der Waals surface area contributed by atoms with E-state index in [2.05, 4.69) is 18.9 Å². The summed E-state index contributed by atoms with van der Waals surface area (Å²) in [5, 5.41) is 15.2. The number of nitro benzene ring substituents is 1. The predicted octanol–water partition coefficient (Wildman–Crippen LogP) is 3.32. The van der Waals surface area contributed by atoms with Crippen molar-refractivity contribution in [1.29, 1.82) is 0 Å². The zero-order valence-electron chi connectivity index (χ0n) is 12.0. The molecule has 0 aliphatic carbocycles. The average Bonchev–Trinajstić information content (AvgIpc) is 2.88. The van der Waals surface area contributed by atoms with Crippen LogP contribution in [0, 0.1) is 16.0 Å². The van der Waals surface area contributed by atoms with E-state index in [1.165, 1.54) is 12.1 Å². The third-order valence-corrected chi connectivity index (χ3v) is 3.18. The Labute approximate surface area is 122 Å². The van der Waals surface area contributed by atoms with E-state index in [9.17, 15) is 14.9 Å². The van der Waals surface area contributed by atoms with E-state index < -0.39 is 4.92 Å². The van der Waals surface area contributed by atoms with E-state index in [0.29, 0.717) is 29.3 Å². The van der Waals surface area contributed by atoms with Crippen molar-refractivity contribution in [3.05, 3.63) is 46.1 Å². The Morgan fingerprint density at radius 2 is 2.19 bits per heavy atom. The summed E-state index contributed by atoms with van der Waals surface area (Å²) in [6.45, 7) is 4.95. The summed E-state index contributed by atoms with van der Waals surface area (Å²) < 4.78 is 1.72. The van der Waals surface area contributed by atoms with Crippen LogP contribution in [-0.4, -0.2) is 21.0 Å². The van der Waals surface area contributed by atoms with Gasteiger partial charge in [-0.05, 0) is 12.3 Å². The molecule has 0 N–H and O–H groups in total. The molecule has 110 valence electrons. The zero-order chi connectivity index (χ0) is 15.4. The Morgan fingerprint density at radius 3 is 2.81 bits per heavy atom. The molecule has 0 atom stereocenters. The number of nitrogens with zero attached hydrogens (tertiary/aromatic N) is 3. The lowest BCUT2D eigenvalue weighted by Gasteiger charge is -2.04. The van der Waals surface area contributed by atoms with E-state index in [1.807, 2.05) is 0 Å². The Morgan fingerprint density at radius 1 is 1.43 bits per heavy atom. The molecule has 1 heterocycles. The number of aldehydes is 1. The van der Waals surface area contributed by atoms with Crippen LogP contribution in [0.1, 0.15) is 30.6 Å². The Bertz CT molecular complexity index is 662. The van der Waals surface area contributed by atoms with Gasteiger partial charge in [0.25, 0.3) is 5.69 Å². The van der Waals surface area contributed by atoms with Crippen LogP contribution in [0.5, 0.6) is 0 Å². The van der Waals surface area contributed by atoms with Crippen molar-refractivity contribution in [1.82, 2.24) is 9.78 Å². The lowest BCUT2D eigenvalue weighted by molar-refractivity contribution is -0.384. The third-order valence-electron chi connectivity index (χ3n) is 3.18. The Hall–Kier alpha value is -2.50. The molecule has 0 aliphatic heterocycles. The van der Waals surface area contributed by atoms with Crippen molar-refractivity contribution < 1.29 is 9.72 Å². The van der Waals surface area contributed by atoms with Crippen LogP contribution in [0.15, 0.2) is 30.5 Å². The SMILES string of the molecule is CC(C)CCn1cc(C=O)c(-c2cccc([N+](=O)[O-])c2)n1. The van der Waals surface area contributed by atoms with Crippen LogP contribution >= 0.6 is 0 Å². The van der Waals surface area contributed by atoms with Gasteiger partial charge in [0, 0.05) is 30.4 Å². The van der Waals surface area contributed by atoms with Crippen molar-refractivity contribution in [2.75, 3.05) is 0 Å². The minimum atomic E-state index is -0.458. The predicted molar refractivity (Wildman–Crippen MR) is 79.2 cm³/mol. The van der Waals surface area contributed by atoms with Gasteiger partial charge in [0.2, 0.25) is 0 Å². The second kappa shape index (κ2) is 6.30. The van der Waals surface area contributed by atoms with Gasteiger partial charge in [-0.25, -0.2) is 0 Å². The second-order valence-corrected chi connectivity index (χ2v) is 5.30. The number of hydrogen-bond acceptors (Lipinski definition) is 4. The Kier molecular flexibility index (Phi) is 4.47. The smallest absolute Gasteiger partial charge is 0.270 e. The standard InChI is InChI=1S/C15H17N3O3/c1-11(2)6-7-17-9-13(10-19)15(16-17)12-4-3-5-14(8-12)18(20)21/h3-5,8-11H,6-7H2,1-2H3. The highest BCUT2D eigenvalue weighted by atomic mass is 16.6. The average molecular weight is 287 g/mol. The first kappa shape index (κ1) is 14.9. The van der Waals surface area contributed by atoms with Crippen molar-refractivity contribution in [3.8, 4) is 11.3 Å². The molecule has 2 rings (SSSR count). The summed E-state index contributed by atoms with van der Waals surface area (Å²) in [4.78, 5) is 21.6. The van der Waals surface area contributed by atoms with E-state index in [4.69, 9.17) is 0 Å². The van der Waals surface area contributed by atoms with Gasteiger partial charge in [-0.1, -0.05) is 26.0 Å². The fourth-order valence-electron chi connectivity index (χ4n) is 2.02. The fourth-order valence-corrected chi connectivity index (χ4v) is 2.02. The number of hydrogen-bond donors (Lipinski definition) is 0. The number of nitro groups is 1. The van der Waals surface area contributed by atoms with Gasteiger partial charge in [0.1, 0.15) is 5.69 Å². The molecule has 6 nitrogen and oxygen atoms in total. The van der Waals surface area contributed by atoms with Gasteiger partial charge in [0.05, 0.1) is 10.5 Å². The van der Waals surface area contributed by atoms with Gasteiger partial charge in [0.15, 0.2) is 6.29 Å². The normalized spacial score (nSPS) is 10.8. The quantitative estimate of drug-likeness (QED) is 0.464. The molecular formula is C15H17N3O3. The molecule has 21 heavy (non-hydrogen) atoms. The zero-order valence-corrected chi connectivity index (χ0v) is 12.0. The van der Waals surface area contributed by atoms with E-state index in [0.717, 1.165) is 12.7 Å². The maximum absolute atomic E-state index is 11.2. The molecule has 0 aliphatic rings. The van der Waals surface area contributed by atoms with Crippen LogP contribution in [0.2, 0.25) is 0 Å². The highest BCUT2D eigenvalue weighted by molar-refractivity contribution is 5.85. The van der Waals surface area contributed by atoms with Gasteiger partial charge in [-0.2, -0.15) is 5.10 Å². The maximum Gasteiger partial charge on any atom is 0.270 e. The number of rotatable bonds is 6. The second-order valence-electron chi connectivity index (χ2n) is 5.30. The van der Waals surface area contributed by atoms with Crippen LogP contribution < -0.4 is 0 Å². The maximum atomic E-state index is 11.2. The Balaban J connectivity index is 2.36. The first-order valence-electron chi connectivity index (χ1n) is 6.78. The molecule has 2 aromatic rings. The summed E-state index contributed by atoms with van der Waals surface area (Å²) in [7, 11) is 0. The van der Waals surface area contributed by atoms with Gasteiger partial charge in [-0.15, -0.1) is 0 Å². The summed E-state index contributed by atoms with van der Waals surface area (Å²) >= 11 is 0. The van der Waals surface area contributed by atoms with Crippen molar-refractivity contribution >= 4 is 12.0 Å². The molecule has 6 heteroatoms. The number of carbonyl (C=O) groups excluding carboxylic acids is 1. The van der Waals surface area contributed by atoms with Crippen molar-refractivity contribution in [2.45, 2.75) is 26.8 Å². The minimum Gasteiger partial charge on any atom is -0.298 e. The monoisotopic (exact) mass is 287 g/mol. The summed E-state index contributed by atoms with van der Waals surface area (Å²) in [5.74, 6) is 0.537. The minimum absolute atomic E-state index is 0.0129. The molecular weight excluding hydrogens is 270 g/mol. The highest BCUT2D eigenvalue weighted by Crippen LogP contribution is 2.25. The van der Waals surface area contributed by atoms with Crippen molar-refractivity contribution in [2.24, 2.45) is 5.92 Å². The lowest BCUT2D eigenvalue weighted by atomic mass is 10.1. The number of carbonyl (C=O) groups is 1. The van der Waals surface area contributed by atoms with Crippen LogP contribution in [0.3, 0.4) is 0 Å². The molecule has 0 spiro atoms. The number of aromatic nitrogens is 2. The highest BCUT2D eigenvalue weighted by Gasteiger charge is 2.14. The van der Waals surface area contributed by atoms with Gasteiger partial charge in [-0.3, -0.25) is 19.6 Å². The first-order valence-corrected chi connectivity index (χ1v) is 6.78. The van der Waals surface area contributed by atoms with Crippen LogP contribution in [0.4, 0.5) is 5.69 Å². The van der Waals surface area contributed by atoms with Gasteiger partial charge < -0.3 is 0 Å². The third kappa shape index (κ3) is 3.53. The molecule has 0 saturated carbocycles. The lowest BCUT2D eigenvalue weighted by Crippen LogP contribution is -2.02. The molecule has 0 fully saturated rings. The molecule has 0 bridgehead atoms. The van der Waals surface area contributed by atoms with Crippen LogP contribution in [-0.2, 0) is 6.54 Å². The molecule has 0 radical (unpaired) electrons. The first-order chi connectivity index (χ1) is 10.0.